The molecule has 1 saturated heterocycles. The van der Waals surface area contributed by atoms with Gasteiger partial charge in [0.25, 0.3) is 0 Å². The molecular formula is C18H33IN6O2. The molecule has 1 aromatic rings. The number of rotatable bonds is 6. The summed E-state index contributed by atoms with van der Waals surface area (Å²) in [4.78, 5) is 11.5. The summed E-state index contributed by atoms with van der Waals surface area (Å²) in [6.45, 7) is 9.73. The van der Waals surface area contributed by atoms with Crippen molar-refractivity contribution < 1.29 is 9.26 Å². The van der Waals surface area contributed by atoms with Crippen LogP contribution >= 0.6 is 24.0 Å². The molecule has 1 aliphatic carbocycles. The Hall–Kier alpha value is -0.940. The van der Waals surface area contributed by atoms with Gasteiger partial charge in [-0.3, -0.25) is 4.90 Å². The van der Waals surface area contributed by atoms with Gasteiger partial charge in [0.05, 0.1) is 13.2 Å². The van der Waals surface area contributed by atoms with Crippen LogP contribution in [0.2, 0.25) is 0 Å². The molecule has 2 aliphatic rings. The van der Waals surface area contributed by atoms with Crippen LogP contribution in [0.4, 0.5) is 0 Å². The van der Waals surface area contributed by atoms with Crippen LogP contribution in [0.1, 0.15) is 50.7 Å². The van der Waals surface area contributed by atoms with E-state index >= 15 is 0 Å². The van der Waals surface area contributed by atoms with Crippen molar-refractivity contribution in [3.63, 3.8) is 0 Å². The molecule has 1 saturated carbocycles. The Balaban J connectivity index is 0.00000261. The molecule has 27 heavy (non-hydrogen) atoms. The molecule has 0 aromatic carbocycles. The fraction of sp³-hybridized carbons (Fsp3) is 0.833. The van der Waals surface area contributed by atoms with E-state index in [1.807, 2.05) is 6.92 Å². The fourth-order valence-corrected chi connectivity index (χ4v) is 3.99. The number of aromatic nitrogens is 2. The van der Waals surface area contributed by atoms with Gasteiger partial charge in [0, 0.05) is 31.7 Å². The highest BCUT2D eigenvalue weighted by Gasteiger charge is 2.38. The van der Waals surface area contributed by atoms with Crippen LogP contribution in [0, 0.1) is 6.92 Å². The summed E-state index contributed by atoms with van der Waals surface area (Å²) >= 11 is 0. The maximum absolute atomic E-state index is 5.57. The molecule has 2 N–H and O–H groups in total. The first-order valence-electron chi connectivity index (χ1n) is 9.86. The van der Waals surface area contributed by atoms with Crippen molar-refractivity contribution in [3.05, 3.63) is 11.7 Å². The smallest absolute Gasteiger partial charge is 0.248 e. The minimum Gasteiger partial charge on any atom is -0.379 e. The number of guanidine groups is 1. The average molecular weight is 492 g/mol. The van der Waals surface area contributed by atoms with Crippen LogP contribution in [0.3, 0.4) is 0 Å². The quantitative estimate of drug-likeness (QED) is 0.357. The summed E-state index contributed by atoms with van der Waals surface area (Å²) in [5, 5.41) is 10.7. The molecule has 1 aromatic heterocycles. The minimum atomic E-state index is 0. The van der Waals surface area contributed by atoms with Crippen LogP contribution in [0.5, 0.6) is 0 Å². The lowest BCUT2D eigenvalue weighted by Gasteiger charge is -2.48. The summed E-state index contributed by atoms with van der Waals surface area (Å²) < 4.78 is 10.7. The fourth-order valence-electron chi connectivity index (χ4n) is 3.99. The molecule has 2 fully saturated rings. The largest absolute Gasteiger partial charge is 0.379 e. The number of aliphatic imine (C=N–C) groups is 1. The SMILES string of the molecule is CCNC(=NCc1nc(C)no1)NCC1(N2CCOCC2)CCCCC1.I. The molecule has 2 heterocycles. The summed E-state index contributed by atoms with van der Waals surface area (Å²) in [6.07, 6.45) is 6.42. The van der Waals surface area contributed by atoms with Gasteiger partial charge >= 0.3 is 0 Å². The van der Waals surface area contributed by atoms with Crippen molar-refractivity contribution in [1.29, 1.82) is 0 Å². The Morgan fingerprint density at radius 2 is 1.93 bits per heavy atom. The lowest BCUT2D eigenvalue weighted by atomic mass is 9.80. The molecule has 0 bridgehead atoms. The van der Waals surface area contributed by atoms with E-state index < -0.39 is 0 Å². The normalized spacial score (nSPS) is 20.7. The zero-order chi connectivity index (χ0) is 18.2. The highest BCUT2D eigenvalue weighted by atomic mass is 127. The van der Waals surface area contributed by atoms with E-state index in [1.165, 1.54) is 32.1 Å². The van der Waals surface area contributed by atoms with Crippen LogP contribution < -0.4 is 10.6 Å². The maximum atomic E-state index is 5.57. The maximum Gasteiger partial charge on any atom is 0.248 e. The zero-order valence-corrected chi connectivity index (χ0v) is 18.8. The Morgan fingerprint density at radius 1 is 1.19 bits per heavy atom. The zero-order valence-electron chi connectivity index (χ0n) is 16.5. The number of nitrogens with one attached hydrogen (secondary N) is 2. The van der Waals surface area contributed by atoms with E-state index in [0.29, 0.717) is 18.3 Å². The lowest BCUT2D eigenvalue weighted by Crippen LogP contribution is -2.60. The van der Waals surface area contributed by atoms with Gasteiger partial charge in [-0.15, -0.1) is 24.0 Å². The van der Waals surface area contributed by atoms with Crippen molar-refractivity contribution in [2.75, 3.05) is 39.4 Å². The first-order valence-corrected chi connectivity index (χ1v) is 9.86. The molecular weight excluding hydrogens is 459 g/mol. The third-order valence-electron chi connectivity index (χ3n) is 5.34. The van der Waals surface area contributed by atoms with Gasteiger partial charge in [-0.05, 0) is 26.7 Å². The van der Waals surface area contributed by atoms with Gasteiger partial charge in [0.1, 0.15) is 6.54 Å². The molecule has 154 valence electrons. The van der Waals surface area contributed by atoms with Gasteiger partial charge < -0.3 is 19.9 Å². The monoisotopic (exact) mass is 492 g/mol. The minimum absolute atomic E-state index is 0. The first-order chi connectivity index (χ1) is 12.7. The predicted octanol–water partition coefficient (Wildman–Crippen LogP) is 2.09. The number of halogens is 1. The molecule has 9 heteroatoms. The van der Waals surface area contributed by atoms with Crippen molar-refractivity contribution in [3.8, 4) is 0 Å². The molecule has 0 unspecified atom stereocenters. The van der Waals surface area contributed by atoms with E-state index in [0.717, 1.165) is 45.4 Å². The molecule has 3 rings (SSSR count). The number of nitrogens with zero attached hydrogens (tertiary/aromatic N) is 4. The number of hydrogen-bond acceptors (Lipinski definition) is 6. The molecule has 1 aliphatic heterocycles. The number of aryl methyl sites for hydroxylation is 1. The Bertz CT molecular complexity index is 582. The Morgan fingerprint density at radius 3 is 2.56 bits per heavy atom. The second-order valence-electron chi connectivity index (χ2n) is 7.17. The van der Waals surface area contributed by atoms with E-state index in [9.17, 15) is 0 Å². The molecule has 0 amide bonds. The highest BCUT2D eigenvalue weighted by molar-refractivity contribution is 14.0. The van der Waals surface area contributed by atoms with Crippen molar-refractivity contribution >= 4 is 29.9 Å². The van der Waals surface area contributed by atoms with Gasteiger partial charge in [-0.1, -0.05) is 24.4 Å². The molecule has 8 nitrogen and oxygen atoms in total. The standard InChI is InChI=1S/C18H32N6O2.HI/c1-3-19-17(20-13-16-22-15(2)23-26-16)21-14-18(7-5-4-6-8-18)24-9-11-25-12-10-24;/h3-14H2,1-2H3,(H2,19,20,21);1H. The van der Waals surface area contributed by atoms with Crippen molar-refractivity contribution in [2.45, 2.75) is 58.0 Å². The predicted molar refractivity (Wildman–Crippen MR) is 115 cm³/mol. The van der Waals surface area contributed by atoms with E-state index in [2.05, 4.69) is 37.6 Å². The molecule has 0 radical (unpaired) electrons. The van der Waals surface area contributed by atoms with Crippen LogP contribution in [0.15, 0.2) is 9.52 Å². The first kappa shape index (κ1) is 22.4. The number of morpholine rings is 1. The van der Waals surface area contributed by atoms with E-state index in [4.69, 9.17) is 9.26 Å². The third kappa shape index (κ3) is 6.28. The topological polar surface area (TPSA) is 87.8 Å². The molecule has 0 spiro atoms. The van der Waals surface area contributed by atoms with Crippen molar-refractivity contribution in [1.82, 2.24) is 25.7 Å². The van der Waals surface area contributed by atoms with Gasteiger partial charge in [0.2, 0.25) is 5.89 Å². The van der Waals surface area contributed by atoms with Crippen LogP contribution in [0.25, 0.3) is 0 Å². The average Bonchev–Trinajstić information content (AvgIpc) is 3.11. The van der Waals surface area contributed by atoms with E-state index in [1.54, 1.807) is 0 Å². The second-order valence-corrected chi connectivity index (χ2v) is 7.17. The lowest BCUT2D eigenvalue weighted by molar-refractivity contribution is -0.0352. The summed E-state index contributed by atoms with van der Waals surface area (Å²) in [5.41, 5.74) is 0.208. The Kier molecular flexibility index (Phi) is 9.24. The summed E-state index contributed by atoms with van der Waals surface area (Å²) in [7, 11) is 0. The van der Waals surface area contributed by atoms with Gasteiger partial charge in [-0.2, -0.15) is 4.98 Å². The Labute approximate surface area is 178 Å². The van der Waals surface area contributed by atoms with Crippen molar-refractivity contribution in [2.24, 2.45) is 4.99 Å². The van der Waals surface area contributed by atoms with Gasteiger partial charge in [-0.25, -0.2) is 4.99 Å². The number of ether oxygens (including phenoxy) is 1. The highest BCUT2D eigenvalue weighted by Crippen LogP contribution is 2.33. The van der Waals surface area contributed by atoms with E-state index in [-0.39, 0.29) is 29.5 Å². The second kappa shape index (κ2) is 11.2. The number of hydrogen-bond donors (Lipinski definition) is 2. The molecule has 0 atom stereocenters. The van der Waals surface area contributed by atoms with Crippen LogP contribution in [-0.4, -0.2) is 65.9 Å². The third-order valence-corrected chi connectivity index (χ3v) is 5.34. The van der Waals surface area contributed by atoms with Crippen LogP contribution in [-0.2, 0) is 11.3 Å². The van der Waals surface area contributed by atoms with Gasteiger partial charge in [0.15, 0.2) is 11.8 Å². The summed E-state index contributed by atoms with van der Waals surface area (Å²) in [5.74, 6) is 1.99. The summed E-state index contributed by atoms with van der Waals surface area (Å²) in [6, 6.07) is 0.